The van der Waals surface area contributed by atoms with Gasteiger partial charge in [-0.2, -0.15) is 0 Å². The van der Waals surface area contributed by atoms with Crippen molar-refractivity contribution in [2.45, 2.75) is 31.6 Å². The number of benzene rings is 2. The van der Waals surface area contributed by atoms with E-state index in [9.17, 15) is 4.79 Å². The Bertz CT molecular complexity index is 884. The van der Waals surface area contributed by atoms with Crippen LogP contribution in [0.3, 0.4) is 0 Å². The molecule has 6 heteroatoms. The monoisotopic (exact) mass is 353 g/mol. The molecule has 1 aliphatic rings. The number of hydrogen-bond donors (Lipinski definition) is 1. The lowest BCUT2D eigenvalue weighted by Crippen LogP contribution is -2.12. The van der Waals surface area contributed by atoms with Crippen LogP contribution in [0.25, 0.3) is 10.8 Å². The number of nitrogens with one attached hydrogen (secondary N) is 1. The molecule has 2 aromatic carbocycles. The third-order valence-corrected chi connectivity index (χ3v) is 5.17. The van der Waals surface area contributed by atoms with Crippen LogP contribution in [0.5, 0.6) is 5.75 Å². The van der Waals surface area contributed by atoms with Crippen molar-refractivity contribution in [3.63, 3.8) is 0 Å². The van der Waals surface area contributed by atoms with Gasteiger partial charge in [0.05, 0.1) is 6.61 Å². The van der Waals surface area contributed by atoms with Crippen LogP contribution in [0.15, 0.2) is 42.5 Å². The molecule has 0 radical (unpaired) electrons. The number of fused-ring (bicyclic) bond motifs is 1. The van der Waals surface area contributed by atoms with E-state index >= 15 is 0 Å². The maximum Gasteiger partial charge on any atom is 0.226 e. The Morgan fingerprint density at radius 3 is 2.88 bits per heavy atom. The molecular formula is C19H19N3O2S. The minimum absolute atomic E-state index is 0.0417. The van der Waals surface area contributed by atoms with Crippen molar-refractivity contribution in [1.82, 2.24) is 10.2 Å². The first-order valence-corrected chi connectivity index (χ1v) is 9.35. The summed E-state index contributed by atoms with van der Waals surface area (Å²) in [5.74, 6) is 1.38. The van der Waals surface area contributed by atoms with Gasteiger partial charge in [-0.1, -0.05) is 47.7 Å². The molecule has 0 atom stereocenters. The maximum absolute atomic E-state index is 12.0. The molecule has 4 rings (SSSR count). The molecular weight excluding hydrogens is 334 g/mol. The smallest absolute Gasteiger partial charge is 0.226 e. The number of nitrogens with zero attached hydrogens (tertiary/aromatic N) is 2. The van der Waals surface area contributed by atoms with E-state index in [1.54, 1.807) is 0 Å². The Morgan fingerprint density at radius 1 is 1.16 bits per heavy atom. The normalized spacial score (nSPS) is 13.8. The summed E-state index contributed by atoms with van der Waals surface area (Å²) in [5.41, 5.74) is 0. The number of carbonyl (C=O) groups is 1. The molecule has 1 N–H and O–H groups in total. The number of carbonyl (C=O) groups excluding carboxylic acids is 1. The van der Waals surface area contributed by atoms with Gasteiger partial charge < -0.3 is 10.1 Å². The van der Waals surface area contributed by atoms with Gasteiger partial charge in [-0.3, -0.25) is 4.79 Å². The second-order valence-corrected chi connectivity index (χ2v) is 7.21. The lowest BCUT2D eigenvalue weighted by molar-refractivity contribution is -0.116. The first-order valence-electron chi connectivity index (χ1n) is 8.53. The van der Waals surface area contributed by atoms with Crippen LogP contribution in [0.4, 0.5) is 5.13 Å². The molecule has 0 saturated heterocycles. The fourth-order valence-electron chi connectivity index (χ4n) is 2.70. The zero-order valence-corrected chi connectivity index (χ0v) is 14.6. The SMILES string of the molecule is O=C(CCCOc1cccc2ccccc12)Nc1nnc(C2CC2)s1. The second kappa shape index (κ2) is 7.19. The summed E-state index contributed by atoms with van der Waals surface area (Å²) in [7, 11) is 0. The minimum atomic E-state index is -0.0417. The van der Waals surface area contributed by atoms with Crippen molar-refractivity contribution in [3.8, 4) is 5.75 Å². The molecule has 5 nitrogen and oxygen atoms in total. The van der Waals surface area contributed by atoms with E-state index in [4.69, 9.17) is 4.74 Å². The van der Waals surface area contributed by atoms with Gasteiger partial charge in [0.25, 0.3) is 0 Å². The minimum Gasteiger partial charge on any atom is -0.493 e. The number of hydrogen-bond acceptors (Lipinski definition) is 5. The quantitative estimate of drug-likeness (QED) is 0.641. The van der Waals surface area contributed by atoms with Crippen LogP contribution in [-0.2, 0) is 4.79 Å². The van der Waals surface area contributed by atoms with Crippen LogP contribution in [-0.4, -0.2) is 22.7 Å². The topological polar surface area (TPSA) is 64.1 Å². The molecule has 1 aliphatic carbocycles. The van der Waals surface area contributed by atoms with E-state index in [1.807, 2.05) is 30.3 Å². The van der Waals surface area contributed by atoms with E-state index in [0.29, 0.717) is 30.5 Å². The third-order valence-electron chi connectivity index (χ3n) is 4.17. The Kier molecular flexibility index (Phi) is 4.61. The van der Waals surface area contributed by atoms with E-state index in [1.165, 1.54) is 24.2 Å². The lowest BCUT2D eigenvalue weighted by atomic mass is 10.1. The van der Waals surface area contributed by atoms with Crippen molar-refractivity contribution < 1.29 is 9.53 Å². The summed E-state index contributed by atoms with van der Waals surface area (Å²) in [5, 5.41) is 14.9. The Hall–Kier alpha value is -2.47. The molecule has 1 saturated carbocycles. The summed E-state index contributed by atoms with van der Waals surface area (Å²) in [4.78, 5) is 12.0. The highest BCUT2D eigenvalue weighted by atomic mass is 32.1. The zero-order chi connectivity index (χ0) is 17.1. The number of rotatable bonds is 7. The molecule has 1 fully saturated rings. The predicted octanol–water partition coefficient (Wildman–Crippen LogP) is 4.37. The molecule has 128 valence electrons. The number of aromatic nitrogens is 2. The van der Waals surface area contributed by atoms with Crippen LogP contribution in [0.1, 0.15) is 36.6 Å². The molecule has 1 aromatic heterocycles. The van der Waals surface area contributed by atoms with Crippen molar-refractivity contribution in [2.24, 2.45) is 0 Å². The van der Waals surface area contributed by atoms with E-state index in [-0.39, 0.29) is 5.91 Å². The van der Waals surface area contributed by atoms with E-state index < -0.39 is 0 Å². The van der Waals surface area contributed by atoms with Crippen LogP contribution < -0.4 is 10.1 Å². The molecule has 0 bridgehead atoms. The van der Waals surface area contributed by atoms with Gasteiger partial charge in [-0.15, -0.1) is 10.2 Å². The summed E-state index contributed by atoms with van der Waals surface area (Å²) in [6, 6.07) is 14.1. The fourth-order valence-corrected chi connectivity index (χ4v) is 3.63. The van der Waals surface area contributed by atoms with Crippen molar-refractivity contribution in [3.05, 3.63) is 47.5 Å². The highest BCUT2D eigenvalue weighted by molar-refractivity contribution is 7.15. The molecule has 1 heterocycles. The zero-order valence-electron chi connectivity index (χ0n) is 13.8. The first-order chi connectivity index (χ1) is 12.3. The summed E-state index contributed by atoms with van der Waals surface area (Å²) in [6.07, 6.45) is 3.44. The van der Waals surface area contributed by atoms with Gasteiger partial charge in [-0.25, -0.2) is 0 Å². The average Bonchev–Trinajstić information content (AvgIpc) is 3.39. The number of anilines is 1. The summed E-state index contributed by atoms with van der Waals surface area (Å²) < 4.78 is 5.86. The number of ether oxygens (including phenoxy) is 1. The molecule has 25 heavy (non-hydrogen) atoms. The fraction of sp³-hybridized carbons (Fsp3) is 0.316. The van der Waals surface area contributed by atoms with Gasteiger partial charge in [0, 0.05) is 17.7 Å². The van der Waals surface area contributed by atoms with Crippen LogP contribution in [0.2, 0.25) is 0 Å². The molecule has 3 aromatic rings. The van der Waals surface area contributed by atoms with Gasteiger partial charge in [-0.05, 0) is 30.7 Å². The van der Waals surface area contributed by atoms with E-state index in [0.717, 1.165) is 21.5 Å². The van der Waals surface area contributed by atoms with E-state index in [2.05, 4.69) is 27.6 Å². The highest BCUT2D eigenvalue weighted by Gasteiger charge is 2.27. The summed E-state index contributed by atoms with van der Waals surface area (Å²) in [6.45, 7) is 0.505. The third kappa shape index (κ3) is 3.96. The number of amides is 1. The van der Waals surface area contributed by atoms with Crippen molar-refractivity contribution in [1.29, 1.82) is 0 Å². The van der Waals surface area contributed by atoms with Crippen molar-refractivity contribution in [2.75, 3.05) is 11.9 Å². The largest absolute Gasteiger partial charge is 0.493 e. The molecule has 0 aliphatic heterocycles. The second-order valence-electron chi connectivity index (χ2n) is 6.20. The van der Waals surface area contributed by atoms with Crippen molar-refractivity contribution >= 4 is 33.1 Å². The maximum atomic E-state index is 12.0. The first kappa shape index (κ1) is 16.0. The van der Waals surface area contributed by atoms with Crippen LogP contribution in [0, 0.1) is 0 Å². The average molecular weight is 353 g/mol. The summed E-state index contributed by atoms with van der Waals surface area (Å²) >= 11 is 1.48. The predicted molar refractivity (Wildman–Crippen MR) is 99.2 cm³/mol. The molecule has 1 amide bonds. The highest BCUT2D eigenvalue weighted by Crippen LogP contribution is 2.42. The molecule has 0 spiro atoms. The molecule has 0 unspecified atom stereocenters. The Morgan fingerprint density at radius 2 is 2.00 bits per heavy atom. The van der Waals surface area contributed by atoms with Gasteiger partial charge in [0.15, 0.2) is 0 Å². The Labute approximate surface area is 150 Å². The standard InChI is InChI=1S/C19H19N3O2S/c23-17(20-19-22-21-18(25-19)14-10-11-14)9-4-12-24-16-8-3-6-13-5-1-2-7-15(13)16/h1-3,5-8,14H,4,9-12H2,(H,20,22,23). The lowest BCUT2D eigenvalue weighted by Gasteiger charge is -2.09. The van der Waals surface area contributed by atoms with Gasteiger partial charge in [0.2, 0.25) is 11.0 Å². The van der Waals surface area contributed by atoms with Gasteiger partial charge in [0.1, 0.15) is 10.8 Å². The Balaban J connectivity index is 1.25. The van der Waals surface area contributed by atoms with Crippen LogP contribution >= 0.6 is 11.3 Å². The van der Waals surface area contributed by atoms with Gasteiger partial charge >= 0.3 is 0 Å².